The van der Waals surface area contributed by atoms with Gasteiger partial charge in [-0.25, -0.2) is 0 Å². The molecule has 0 spiro atoms. The molecule has 0 fully saturated rings. The Labute approximate surface area is 270 Å². The van der Waals surface area contributed by atoms with Crippen molar-refractivity contribution in [2.24, 2.45) is 0 Å². The first-order chi connectivity index (χ1) is 21.6. The number of aliphatic hydroxyl groups excluding tert-OH is 1. The van der Waals surface area contributed by atoms with Crippen LogP contribution in [0.15, 0.2) is 72.9 Å². The fourth-order valence-corrected chi connectivity index (χ4v) is 4.32. The van der Waals surface area contributed by atoms with Gasteiger partial charge in [-0.3, -0.25) is 9.59 Å². The minimum Gasteiger partial charge on any atom is -0.462 e. The monoisotopic (exact) mass is 612 g/mol. The second kappa shape index (κ2) is 34.8. The van der Waals surface area contributed by atoms with Crippen LogP contribution in [-0.2, 0) is 19.1 Å². The van der Waals surface area contributed by atoms with Gasteiger partial charge in [-0.1, -0.05) is 125 Å². The number of carbonyl (C=O) groups is 2. The van der Waals surface area contributed by atoms with E-state index in [4.69, 9.17) is 9.47 Å². The van der Waals surface area contributed by atoms with E-state index < -0.39 is 6.10 Å². The molecular weight excluding hydrogens is 548 g/mol. The number of aliphatic hydroxyl groups is 1. The first-order valence-corrected chi connectivity index (χ1v) is 17.5. The predicted octanol–water partition coefficient (Wildman–Crippen LogP) is 10.6. The number of carbonyl (C=O) groups excluding carboxylic acids is 2. The third-order valence-electron chi connectivity index (χ3n) is 6.98. The summed E-state index contributed by atoms with van der Waals surface area (Å²) in [6.07, 6.45) is 45.3. The lowest BCUT2D eigenvalue weighted by Crippen LogP contribution is -2.28. The zero-order valence-electron chi connectivity index (χ0n) is 28.1. The number of hydrogen-bond donors (Lipinski definition) is 1. The number of hydrogen-bond acceptors (Lipinski definition) is 5. The van der Waals surface area contributed by atoms with Crippen molar-refractivity contribution in [1.29, 1.82) is 0 Å². The summed E-state index contributed by atoms with van der Waals surface area (Å²) < 4.78 is 10.5. The molecule has 1 N–H and O–H groups in total. The molecule has 0 aliphatic heterocycles. The van der Waals surface area contributed by atoms with E-state index in [-0.39, 0.29) is 25.2 Å². The lowest BCUT2D eigenvalue weighted by molar-refractivity contribution is -0.161. The van der Waals surface area contributed by atoms with Crippen molar-refractivity contribution in [3.8, 4) is 0 Å². The molecule has 0 saturated carbocycles. The molecule has 250 valence electrons. The van der Waals surface area contributed by atoms with Crippen LogP contribution in [-0.4, -0.2) is 36.4 Å². The van der Waals surface area contributed by atoms with Gasteiger partial charge in [0.05, 0.1) is 6.61 Å². The van der Waals surface area contributed by atoms with Crippen molar-refractivity contribution >= 4 is 11.9 Å². The maximum atomic E-state index is 12.1. The van der Waals surface area contributed by atoms with Crippen LogP contribution in [0.1, 0.15) is 142 Å². The molecule has 5 nitrogen and oxygen atoms in total. The number of esters is 2. The molecule has 0 aliphatic carbocycles. The SMILES string of the molecule is CCC=CCC=CCC=CCC=CCC=CCCCCCC(=O)OC[C@H](CO)OC(=O)CCCCCCCC=CCCCC. The molecule has 0 radical (unpaired) electrons. The third-order valence-corrected chi connectivity index (χ3v) is 6.98. The Bertz CT molecular complexity index is 833. The molecule has 0 amide bonds. The lowest BCUT2D eigenvalue weighted by Gasteiger charge is -2.15. The normalized spacial score (nSPS) is 13.1. The highest BCUT2D eigenvalue weighted by Gasteiger charge is 2.16. The molecule has 44 heavy (non-hydrogen) atoms. The summed E-state index contributed by atoms with van der Waals surface area (Å²) in [4.78, 5) is 24.1. The molecule has 0 unspecified atom stereocenters. The third kappa shape index (κ3) is 32.3. The molecule has 0 aliphatic rings. The topological polar surface area (TPSA) is 72.8 Å². The van der Waals surface area contributed by atoms with E-state index in [9.17, 15) is 14.7 Å². The first kappa shape index (κ1) is 41.3. The van der Waals surface area contributed by atoms with Crippen LogP contribution in [0.3, 0.4) is 0 Å². The molecule has 5 heteroatoms. The molecule has 0 aromatic rings. The molecule has 0 aromatic heterocycles. The Balaban J connectivity index is 3.70. The largest absolute Gasteiger partial charge is 0.462 e. The van der Waals surface area contributed by atoms with E-state index in [0.717, 1.165) is 83.5 Å². The maximum Gasteiger partial charge on any atom is 0.306 e. The van der Waals surface area contributed by atoms with E-state index in [1.165, 1.54) is 32.1 Å². The zero-order valence-corrected chi connectivity index (χ0v) is 28.1. The van der Waals surface area contributed by atoms with Gasteiger partial charge in [-0.2, -0.15) is 0 Å². The smallest absolute Gasteiger partial charge is 0.306 e. The number of ether oxygens (including phenoxy) is 2. The molecule has 0 aromatic carbocycles. The van der Waals surface area contributed by atoms with Gasteiger partial charge in [-0.05, 0) is 77.0 Å². The van der Waals surface area contributed by atoms with Gasteiger partial charge in [0.15, 0.2) is 6.10 Å². The Hall–Kier alpha value is -2.66. The Morgan fingerprint density at radius 2 is 0.977 bits per heavy atom. The molecule has 0 saturated heterocycles. The average molecular weight is 613 g/mol. The van der Waals surface area contributed by atoms with Crippen molar-refractivity contribution in [1.82, 2.24) is 0 Å². The highest BCUT2D eigenvalue weighted by Crippen LogP contribution is 2.10. The summed E-state index contributed by atoms with van der Waals surface area (Å²) in [6, 6.07) is 0. The minimum absolute atomic E-state index is 0.0904. The average Bonchev–Trinajstić information content (AvgIpc) is 3.02. The van der Waals surface area contributed by atoms with Crippen molar-refractivity contribution < 1.29 is 24.2 Å². The number of rotatable bonds is 30. The molecule has 0 heterocycles. The van der Waals surface area contributed by atoms with Crippen molar-refractivity contribution in [3.05, 3.63) is 72.9 Å². The Morgan fingerprint density at radius 3 is 1.52 bits per heavy atom. The van der Waals surface area contributed by atoms with Crippen molar-refractivity contribution in [2.75, 3.05) is 13.2 Å². The number of allylic oxidation sites excluding steroid dienone is 12. The second-order valence-corrected chi connectivity index (χ2v) is 11.2. The van der Waals surface area contributed by atoms with Gasteiger partial charge in [-0.15, -0.1) is 0 Å². The van der Waals surface area contributed by atoms with Crippen LogP contribution < -0.4 is 0 Å². The summed E-state index contributed by atoms with van der Waals surface area (Å²) in [5.41, 5.74) is 0. The van der Waals surface area contributed by atoms with Gasteiger partial charge in [0.2, 0.25) is 0 Å². The summed E-state index contributed by atoms with van der Waals surface area (Å²) >= 11 is 0. The highest BCUT2D eigenvalue weighted by molar-refractivity contribution is 5.70. The predicted molar refractivity (Wildman–Crippen MR) is 186 cm³/mol. The molecule has 0 rings (SSSR count). The van der Waals surface area contributed by atoms with E-state index >= 15 is 0 Å². The van der Waals surface area contributed by atoms with E-state index in [2.05, 4.69) is 86.8 Å². The minimum atomic E-state index is -0.790. The summed E-state index contributed by atoms with van der Waals surface area (Å²) in [5.74, 6) is -0.649. The standard InChI is InChI=1S/C39H64O5/c1-3-5-7-9-11-13-15-16-17-18-19-20-21-22-24-25-27-29-31-33-38(41)43-36-37(35-40)44-39(42)34-32-30-28-26-23-14-12-10-8-6-4-2/h5,7,10-13,16-17,19-20,22,24,37,40H,3-4,6,8-9,14-15,18,21,23,25-36H2,1-2H3/t37-/m0/s1. The molecular formula is C39H64O5. The highest BCUT2D eigenvalue weighted by atomic mass is 16.6. The van der Waals surface area contributed by atoms with Crippen LogP contribution >= 0.6 is 0 Å². The first-order valence-electron chi connectivity index (χ1n) is 17.5. The van der Waals surface area contributed by atoms with Crippen molar-refractivity contribution in [3.63, 3.8) is 0 Å². The van der Waals surface area contributed by atoms with Crippen LogP contribution in [0.4, 0.5) is 0 Å². The summed E-state index contributed by atoms with van der Waals surface area (Å²) in [5, 5.41) is 9.50. The van der Waals surface area contributed by atoms with E-state index in [1.807, 2.05) is 0 Å². The molecule has 0 bridgehead atoms. The zero-order chi connectivity index (χ0) is 32.2. The Morgan fingerprint density at radius 1 is 0.545 bits per heavy atom. The quantitative estimate of drug-likeness (QED) is 0.0496. The van der Waals surface area contributed by atoms with Crippen molar-refractivity contribution in [2.45, 2.75) is 148 Å². The van der Waals surface area contributed by atoms with Crippen LogP contribution in [0.25, 0.3) is 0 Å². The van der Waals surface area contributed by atoms with Crippen LogP contribution in [0.5, 0.6) is 0 Å². The van der Waals surface area contributed by atoms with Gasteiger partial charge < -0.3 is 14.6 Å². The van der Waals surface area contributed by atoms with Gasteiger partial charge in [0, 0.05) is 12.8 Å². The van der Waals surface area contributed by atoms with E-state index in [0.29, 0.717) is 12.8 Å². The maximum absolute atomic E-state index is 12.1. The Kier molecular flexibility index (Phi) is 32.7. The lowest BCUT2D eigenvalue weighted by atomic mass is 10.1. The van der Waals surface area contributed by atoms with Crippen LogP contribution in [0, 0.1) is 0 Å². The summed E-state index contributed by atoms with van der Waals surface area (Å²) in [7, 11) is 0. The van der Waals surface area contributed by atoms with Gasteiger partial charge in [0.25, 0.3) is 0 Å². The fraction of sp³-hybridized carbons (Fsp3) is 0.641. The van der Waals surface area contributed by atoms with Crippen LogP contribution in [0.2, 0.25) is 0 Å². The summed E-state index contributed by atoms with van der Waals surface area (Å²) in [6.45, 7) is 3.92. The molecule has 1 atom stereocenters. The number of unbranched alkanes of at least 4 members (excludes halogenated alkanes) is 10. The fourth-order valence-electron chi connectivity index (χ4n) is 4.32. The van der Waals surface area contributed by atoms with E-state index in [1.54, 1.807) is 0 Å². The van der Waals surface area contributed by atoms with Gasteiger partial charge in [0.1, 0.15) is 6.61 Å². The van der Waals surface area contributed by atoms with Gasteiger partial charge >= 0.3 is 11.9 Å². The second-order valence-electron chi connectivity index (χ2n) is 11.2.